The second-order valence-electron chi connectivity index (χ2n) is 3.33. The molecule has 7 heteroatoms. The number of anilines is 3. The van der Waals surface area contributed by atoms with Crippen molar-refractivity contribution in [3.8, 4) is 0 Å². The topological polar surface area (TPSA) is 72.1 Å². The zero-order chi connectivity index (χ0) is 13.1. The van der Waals surface area contributed by atoms with E-state index in [0.29, 0.717) is 6.41 Å². The number of hydrogen-bond donors (Lipinski definition) is 1. The maximum atomic E-state index is 13.7. The summed E-state index contributed by atoms with van der Waals surface area (Å²) in [5.41, 5.74) is 5.71. The SMILES string of the molecule is Nc1ncnc(Cl)c1N(C=O)c1ccccc1F. The summed E-state index contributed by atoms with van der Waals surface area (Å²) in [7, 11) is 0. The molecule has 2 rings (SSSR count). The van der Waals surface area contributed by atoms with Gasteiger partial charge in [-0.2, -0.15) is 0 Å². The highest BCUT2D eigenvalue weighted by atomic mass is 35.5. The summed E-state index contributed by atoms with van der Waals surface area (Å²) in [6, 6.07) is 5.74. The zero-order valence-electron chi connectivity index (χ0n) is 9.05. The third-order valence-electron chi connectivity index (χ3n) is 2.26. The molecule has 18 heavy (non-hydrogen) atoms. The van der Waals surface area contributed by atoms with E-state index < -0.39 is 5.82 Å². The zero-order valence-corrected chi connectivity index (χ0v) is 9.80. The number of aromatic nitrogens is 2. The standard InChI is InChI=1S/C11H8ClFN4O/c12-10-9(11(14)16-5-15-10)17(6-18)8-4-2-1-3-7(8)13/h1-6H,(H2,14,15,16). The Kier molecular flexibility index (Phi) is 3.38. The van der Waals surface area contributed by atoms with Crippen molar-refractivity contribution in [3.63, 3.8) is 0 Å². The van der Waals surface area contributed by atoms with Crippen LogP contribution in [-0.4, -0.2) is 16.4 Å². The number of benzene rings is 1. The molecule has 0 unspecified atom stereocenters. The summed E-state index contributed by atoms with van der Waals surface area (Å²) >= 11 is 5.85. The fourth-order valence-corrected chi connectivity index (χ4v) is 1.70. The van der Waals surface area contributed by atoms with Crippen LogP contribution in [0.1, 0.15) is 0 Å². The Balaban J connectivity index is 2.60. The highest BCUT2D eigenvalue weighted by molar-refractivity contribution is 6.33. The van der Waals surface area contributed by atoms with Crippen molar-refractivity contribution in [3.05, 3.63) is 41.6 Å². The summed E-state index contributed by atoms with van der Waals surface area (Å²) in [6.45, 7) is 0. The van der Waals surface area contributed by atoms with E-state index in [-0.39, 0.29) is 22.3 Å². The number of hydrogen-bond acceptors (Lipinski definition) is 4. The van der Waals surface area contributed by atoms with Crippen molar-refractivity contribution in [2.45, 2.75) is 0 Å². The number of amides is 1. The molecule has 2 N–H and O–H groups in total. The van der Waals surface area contributed by atoms with Crippen LogP contribution < -0.4 is 10.6 Å². The van der Waals surface area contributed by atoms with E-state index in [4.69, 9.17) is 17.3 Å². The lowest BCUT2D eigenvalue weighted by molar-refractivity contribution is -0.106. The second kappa shape index (κ2) is 4.97. The van der Waals surface area contributed by atoms with Gasteiger partial charge in [0.25, 0.3) is 0 Å². The van der Waals surface area contributed by atoms with Gasteiger partial charge >= 0.3 is 0 Å². The van der Waals surface area contributed by atoms with Crippen LogP contribution in [0.15, 0.2) is 30.6 Å². The minimum atomic E-state index is -0.580. The maximum Gasteiger partial charge on any atom is 0.219 e. The summed E-state index contributed by atoms with van der Waals surface area (Å²) in [5, 5.41) is -0.0298. The number of rotatable bonds is 3. The molecule has 92 valence electrons. The van der Waals surface area contributed by atoms with Crippen LogP contribution in [0.3, 0.4) is 0 Å². The first-order chi connectivity index (χ1) is 8.65. The molecule has 1 heterocycles. The summed E-state index contributed by atoms with van der Waals surface area (Å²) in [6.07, 6.45) is 1.56. The molecule has 1 aromatic heterocycles. The van der Waals surface area contributed by atoms with Gasteiger partial charge in [0.15, 0.2) is 11.0 Å². The third kappa shape index (κ3) is 2.10. The molecule has 2 aromatic rings. The normalized spacial score (nSPS) is 10.1. The van der Waals surface area contributed by atoms with E-state index in [9.17, 15) is 9.18 Å². The van der Waals surface area contributed by atoms with Crippen LogP contribution in [0.2, 0.25) is 5.15 Å². The predicted octanol–water partition coefficient (Wildman–Crippen LogP) is 2.15. The second-order valence-corrected chi connectivity index (χ2v) is 3.68. The number of carbonyl (C=O) groups is 1. The van der Waals surface area contributed by atoms with Gasteiger partial charge in [-0.1, -0.05) is 23.7 Å². The summed E-state index contributed by atoms with van der Waals surface area (Å²) in [5.74, 6) is -0.589. The molecule has 1 amide bonds. The molecular formula is C11H8ClFN4O. The first-order valence-electron chi connectivity index (χ1n) is 4.90. The highest BCUT2D eigenvalue weighted by Crippen LogP contribution is 2.34. The van der Waals surface area contributed by atoms with Crippen LogP contribution in [0.4, 0.5) is 21.6 Å². The van der Waals surface area contributed by atoms with Gasteiger partial charge < -0.3 is 5.73 Å². The Labute approximate surface area is 107 Å². The number of nitrogens with two attached hydrogens (primary N) is 1. The highest BCUT2D eigenvalue weighted by Gasteiger charge is 2.19. The lowest BCUT2D eigenvalue weighted by atomic mass is 10.2. The largest absolute Gasteiger partial charge is 0.382 e. The van der Waals surface area contributed by atoms with Gasteiger partial charge in [-0.05, 0) is 12.1 Å². The van der Waals surface area contributed by atoms with Crippen LogP contribution in [0.5, 0.6) is 0 Å². The summed E-state index contributed by atoms with van der Waals surface area (Å²) in [4.78, 5) is 19.6. The minimum Gasteiger partial charge on any atom is -0.382 e. The Hall–Kier alpha value is -2.21. The molecule has 0 aliphatic heterocycles. The van der Waals surface area contributed by atoms with Crippen molar-refractivity contribution in [2.24, 2.45) is 0 Å². The van der Waals surface area contributed by atoms with Gasteiger partial charge in [0.1, 0.15) is 17.8 Å². The number of halogens is 2. The number of nitrogen functional groups attached to an aromatic ring is 1. The fourth-order valence-electron chi connectivity index (χ4n) is 1.47. The molecule has 0 spiro atoms. The molecule has 0 saturated carbocycles. The number of para-hydroxylation sites is 1. The van der Waals surface area contributed by atoms with Crippen molar-refractivity contribution in [1.29, 1.82) is 0 Å². The lowest BCUT2D eigenvalue weighted by Gasteiger charge is -2.19. The molecule has 0 saturated heterocycles. The average molecular weight is 267 g/mol. The summed E-state index contributed by atoms with van der Waals surface area (Å²) < 4.78 is 13.7. The molecule has 0 aliphatic rings. The maximum absolute atomic E-state index is 13.7. The van der Waals surface area contributed by atoms with E-state index >= 15 is 0 Å². The van der Waals surface area contributed by atoms with E-state index in [1.165, 1.54) is 18.2 Å². The molecule has 5 nitrogen and oxygen atoms in total. The quantitative estimate of drug-likeness (QED) is 0.682. The molecule has 0 fully saturated rings. The third-order valence-corrected chi connectivity index (χ3v) is 2.54. The number of carbonyl (C=O) groups excluding carboxylic acids is 1. The van der Waals surface area contributed by atoms with E-state index in [0.717, 1.165) is 11.2 Å². The van der Waals surface area contributed by atoms with E-state index in [1.807, 2.05) is 0 Å². The molecule has 0 atom stereocenters. The Morgan fingerprint density at radius 1 is 1.33 bits per heavy atom. The minimum absolute atomic E-state index is 0.00893. The predicted molar refractivity (Wildman–Crippen MR) is 66.1 cm³/mol. The van der Waals surface area contributed by atoms with Gasteiger partial charge in [-0.15, -0.1) is 0 Å². The van der Waals surface area contributed by atoms with Crippen LogP contribution in [0, 0.1) is 5.82 Å². The van der Waals surface area contributed by atoms with Crippen molar-refractivity contribution in [1.82, 2.24) is 9.97 Å². The van der Waals surface area contributed by atoms with E-state index in [1.54, 1.807) is 6.07 Å². The van der Waals surface area contributed by atoms with Gasteiger partial charge in [-0.3, -0.25) is 9.69 Å². The lowest BCUT2D eigenvalue weighted by Crippen LogP contribution is -2.18. The molecule has 0 bridgehead atoms. The smallest absolute Gasteiger partial charge is 0.219 e. The van der Waals surface area contributed by atoms with Crippen LogP contribution in [-0.2, 0) is 4.79 Å². The van der Waals surface area contributed by atoms with Gasteiger partial charge in [0.05, 0.1) is 5.69 Å². The van der Waals surface area contributed by atoms with E-state index in [2.05, 4.69) is 9.97 Å². The first kappa shape index (κ1) is 12.3. The van der Waals surface area contributed by atoms with Gasteiger partial charge in [0.2, 0.25) is 6.41 Å². The van der Waals surface area contributed by atoms with Crippen molar-refractivity contribution in [2.75, 3.05) is 10.6 Å². The Bertz CT molecular complexity index is 573. The van der Waals surface area contributed by atoms with Gasteiger partial charge in [0, 0.05) is 0 Å². The molecular weight excluding hydrogens is 259 g/mol. The first-order valence-corrected chi connectivity index (χ1v) is 5.28. The van der Waals surface area contributed by atoms with Crippen molar-refractivity contribution < 1.29 is 9.18 Å². The monoisotopic (exact) mass is 266 g/mol. The van der Waals surface area contributed by atoms with Crippen LogP contribution in [0.25, 0.3) is 0 Å². The van der Waals surface area contributed by atoms with Crippen LogP contribution >= 0.6 is 11.6 Å². The number of nitrogens with zero attached hydrogens (tertiary/aromatic N) is 3. The molecule has 0 radical (unpaired) electrons. The molecule has 1 aromatic carbocycles. The Morgan fingerprint density at radius 3 is 2.67 bits per heavy atom. The molecule has 0 aliphatic carbocycles. The average Bonchev–Trinajstić information content (AvgIpc) is 2.35. The Morgan fingerprint density at radius 2 is 2.06 bits per heavy atom. The fraction of sp³-hybridized carbons (Fsp3) is 0. The van der Waals surface area contributed by atoms with Crippen molar-refractivity contribution >= 4 is 35.2 Å². The van der Waals surface area contributed by atoms with Gasteiger partial charge in [-0.25, -0.2) is 14.4 Å².